The number of hydrogen-bond donors (Lipinski definition) is 2. The lowest BCUT2D eigenvalue weighted by molar-refractivity contribution is 0.0958. The third kappa shape index (κ3) is 4.51. The molecule has 2 aromatic rings. The number of para-hydroxylation sites is 1. The molecule has 1 fully saturated rings. The molecule has 0 radical (unpaired) electrons. The predicted octanol–water partition coefficient (Wildman–Crippen LogP) is 3.61. The Bertz CT molecular complexity index is 787. The van der Waals surface area contributed by atoms with Crippen molar-refractivity contribution in [2.75, 3.05) is 19.6 Å². The molecule has 6 heteroatoms. The van der Waals surface area contributed by atoms with E-state index in [1.165, 1.54) is 18.4 Å². The number of pyridine rings is 1. The Labute approximate surface area is 160 Å². The van der Waals surface area contributed by atoms with E-state index in [1.54, 1.807) is 0 Å². The lowest BCUT2D eigenvalue weighted by atomic mass is 10.0. The minimum Gasteiger partial charge on any atom is -0.348 e. The summed E-state index contributed by atoms with van der Waals surface area (Å²) in [5, 5.41) is 7.31. The van der Waals surface area contributed by atoms with Crippen molar-refractivity contribution < 1.29 is 4.79 Å². The van der Waals surface area contributed by atoms with Crippen LogP contribution in [-0.4, -0.2) is 30.5 Å². The summed E-state index contributed by atoms with van der Waals surface area (Å²) < 4.78 is 0. The number of hydrogen-bond acceptors (Lipinski definition) is 3. The molecule has 4 nitrogen and oxygen atoms in total. The molecule has 2 heterocycles. The fourth-order valence-electron chi connectivity index (χ4n) is 3.09. The quantitative estimate of drug-likeness (QED) is 0.797. The van der Waals surface area contributed by atoms with Crippen LogP contribution in [0.25, 0.3) is 10.9 Å². The number of nitrogens with zero attached hydrogens (tertiary/aromatic N) is 1. The molecule has 1 aromatic heterocycles. The zero-order valence-corrected chi connectivity index (χ0v) is 15.6. The lowest BCUT2D eigenvalue weighted by Crippen LogP contribution is -2.29. The largest absolute Gasteiger partial charge is 0.348 e. The molecule has 0 saturated heterocycles. The van der Waals surface area contributed by atoms with Crippen LogP contribution in [0.15, 0.2) is 42.0 Å². The lowest BCUT2D eigenvalue weighted by Gasteiger charge is -2.15. The molecule has 134 valence electrons. The van der Waals surface area contributed by atoms with Crippen LogP contribution in [0.3, 0.4) is 0 Å². The molecule has 2 N–H and O–H groups in total. The molecule has 0 atom stereocenters. The van der Waals surface area contributed by atoms with Crippen LogP contribution in [0.4, 0.5) is 0 Å². The Morgan fingerprint density at radius 1 is 1.24 bits per heavy atom. The number of benzene rings is 1. The van der Waals surface area contributed by atoms with Gasteiger partial charge in [-0.15, -0.1) is 24.8 Å². The van der Waals surface area contributed by atoms with Gasteiger partial charge < -0.3 is 10.6 Å². The van der Waals surface area contributed by atoms with Gasteiger partial charge in [0, 0.05) is 30.1 Å². The molecule has 0 spiro atoms. The molecule has 0 bridgehead atoms. The standard InChI is InChI=1S/C19H21N3O.2ClH/c23-19(21-12-13-7-9-20-10-8-13)16-11-18(14-5-6-14)22-17-4-2-1-3-15(16)17;;/h1-4,7,11,14,20H,5-6,8-10,12H2,(H,21,23);2*1H. The second-order valence-electron chi connectivity index (χ2n) is 6.39. The number of nitrogens with one attached hydrogen (secondary N) is 2. The van der Waals surface area contributed by atoms with E-state index >= 15 is 0 Å². The molecule has 4 rings (SSSR count). The first kappa shape index (κ1) is 19.7. The number of amides is 1. The van der Waals surface area contributed by atoms with E-state index in [0.29, 0.717) is 12.5 Å². The Morgan fingerprint density at radius 3 is 2.76 bits per heavy atom. The number of aromatic nitrogens is 1. The molecule has 2 aliphatic rings. The van der Waals surface area contributed by atoms with Crippen molar-refractivity contribution in [1.82, 2.24) is 15.6 Å². The molecule has 1 saturated carbocycles. The number of fused-ring (bicyclic) bond motifs is 1. The second-order valence-corrected chi connectivity index (χ2v) is 6.39. The molecule has 0 unspecified atom stereocenters. The molecule has 1 amide bonds. The highest BCUT2D eigenvalue weighted by molar-refractivity contribution is 6.06. The van der Waals surface area contributed by atoms with Gasteiger partial charge >= 0.3 is 0 Å². The van der Waals surface area contributed by atoms with Gasteiger partial charge in [-0.2, -0.15) is 0 Å². The van der Waals surface area contributed by atoms with Crippen LogP contribution in [0, 0.1) is 0 Å². The van der Waals surface area contributed by atoms with E-state index in [9.17, 15) is 4.79 Å². The van der Waals surface area contributed by atoms with Gasteiger partial charge in [-0.25, -0.2) is 0 Å². The number of carbonyl (C=O) groups is 1. The topological polar surface area (TPSA) is 54.0 Å². The highest BCUT2D eigenvalue weighted by atomic mass is 35.5. The van der Waals surface area contributed by atoms with Gasteiger partial charge in [0.05, 0.1) is 11.1 Å². The van der Waals surface area contributed by atoms with E-state index < -0.39 is 0 Å². The number of halogens is 2. The van der Waals surface area contributed by atoms with E-state index in [0.717, 1.165) is 41.7 Å². The normalized spacial score (nSPS) is 16.4. The first-order chi connectivity index (χ1) is 11.3. The zero-order valence-electron chi connectivity index (χ0n) is 14.0. The summed E-state index contributed by atoms with van der Waals surface area (Å²) in [5.74, 6) is 0.545. The highest BCUT2D eigenvalue weighted by Crippen LogP contribution is 2.40. The third-order valence-corrected chi connectivity index (χ3v) is 4.61. The van der Waals surface area contributed by atoms with Crippen molar-refractivity contribution in [3.05, 3.63) is 53.2 Å². The molecule has 1 aliphatic heterocycles. The Balaban J connectivity index is 0.00000113. The average molecular weight is 380 g/mol. The third-order valence-electron chi connectivity index (χ3n) is 4.61. The molecule has 25 heavy (non-hydrogen) atoms. The predicted molar refractivity (Wildman–Crippen MR) is 106 cm³/mol. The summed E-state index contributed by atoms with van der Waals surface area (Å²) in [6.45, 7) is 2.52. The molecular weight excluding hydrogens is 357 g/mol. The fourth-order valence-corrected chi connectivity index (χ4v) is 3.09. The highest BCUT2D eigenvalue weighted by Gasteiger charge is 2.26. The van der Waals surface area contributed by atoms with E-state index in [4.69, 9.17) is 4.98 Å². The molecule has 1 aliphatic carbocycles. The van der Waals surface area contributed by atoms with Crippen LogP contribution in [-0.2, 0) is 0 Å². The van der Waals surface area contributed by atoms with Gasteiger partial charge in [0.25, 0.3) is 5.91 Å². The van der Waals surface area contributed by atoms with Gasteiger partial charge in [0.2, 0.25) is 0 Å². The Kier molecular flexibility index (Phi) is 6.82. The number of rotatable bonds is 4. The van der Waals surface area contributed by atoms with Crippen LogP contribution in [0.2, 0.25) is 0 Å². The minimum absolute atomic E-state index is 0. The van der Waals surface area contributed by atoms with Gasteiger partial charge in [-0.05, 0) is 37.9 Å². The summed E-state index contributed by atoms with van der Waals surface area (Å²) in [7, 11) is 0. The van der Waals surface area contributed by atoms with Crippen molar-refractivity contribution in [3.8, 4) is 0 Å². The zero-order chi connectivity index (χ0) is 15.6. The average Bonchev–Trinajstić information content (AvgIpc) is 3.45. The van der Waals surface area contributed by atoms with Gasteiger partial charge in [-0.3, -0.25) is 9.78 Å². The van der Waals surface area contributed by atoms with Crippen LogP contribution in [0.5, 0.6) is 0 Å². The summed E-state index contributed by atoms with van der Waals surface area (Å²) in [6, 6.07) is 9.91. The molecular formula is C19H23Cl2N3O. The summed E-state index contributed by atoms with van der Waals surface area (Å²) >= 11 is 0. The van der Waals surface area contributed by atoms with Crippen molar-refractivity contribution >= 4 is 41.6 Å². The second kappa shape index (κ2) is 8.65. The van der Waals surface area contributed by atoms with E-state index in [-0.39, 0.29) is 30.7 Å². The minimum atomic E-state index is 0. The summed E-state index contributed by atoms with van der Waals surface area (Å²) in [4.78, 5) is 17.4. The smallest absolute Gasteiger partial charge is 0.252 e. The molecule has 1 aromatic carbocycles. The number of carbonyl (C=O) groups excluding carboxylic acids is 1. The van der Waals surface area contributed by atoms with Crippen LogP contribution >= 0.6 is 24.8 Å². The van der Waals surface area contributed by atoms with E-state index in [2.05, 4.69) is 16.7 Å². The maximum atomic E-state index is 12.7. The SMILES string of the molecule is Cl.Cl.O=C(NCC1=CCNCC1)c1cc(C2CC2)nc2ccccc12. The summed E-state index contributed by atoms with van der Waals surface area (Å²) in [5.41, 5.74) is 4.04. The summed E-state index contributed by atoms with van der Waals surface area (Å²) in [6.07, 6.45) is 5.55. The maximum Gasteiger partial charge on any atom is 0.252 e. The van der Waals surface area contributed by atoms with Crippen LogP contribution in [0.1, 0.15) is 41.2 Å². The monoisotopic (exact) mass is 379 g/mol. The van der Waals surface area contributed by atoms with Crippen molar-refractivity contribution in [1.29, 1.82) is 0 Å². The Hall–Kier alpha value is -1.62. The fraction of sp³-hybridized carbons (Fsp3) is 0.368. The van der Waals surface area contributed by atoms with Crippen molar-refractivity contribution in [2.45, 2.75) is 25.2 Å². The van der Waals surface area contributed by atoms with E-state index in [1.807, 2.05) is 30.3 Å². The first-order valence-corrected chi connectivity index (χ1v) is 8.38. The van der Waals surface area contributed by atoms with Crippen LogP contribution < -0.4 is 10.6 Å². The van der Waals surface area contributed by atoms with Gasteiger partial charge in [-0.1, -0.05) is 29.8 Å². The maximum absolute atomic E-state index is 12.7. The van der Waals surface area contributed by atoms with Crippen molar-refractivity contribution in [2.24, 2.45) is 0 Å². The first-order valence-electron chi connectivity index (χ1n) is 8.38. The van der Waals surface area contributed by atoms with Gasteiger partial charge in [0.15, 0.2) is 0 Å². The van der Waals surface area contributed by atoms with Crippen molar-refractivity contribution in [3.63, 3.8) is 0 Å². The Morgan fingerprint density at radius 2 is 2.04 bits per heavy atom. The van der Waals surface area contributed by atoms with Gasteiger partial charge in [0.1, 0.15) is 0 Å².